The molecule has 0 fully saturated rings. The molecule has 108 valence electrons. The van der Waals surface area contributed by atoms with E-state index >= 15 is 0 Å². The summed E-state index contributed by atoms with van der Waals surface area (Å²) in [4.78, 5) is 20.1. The molecule has 2 rings (SSSR count). The summed E-state index contributed by atoms with van der Waals surface area (Å²) in [6, 6.07) is 1.86. The lowest BCUT2D eigenvalue weighted by Crippen LogP contribution is -2.12. The first-order chi connectivity index (χ1) is 9.63. The summed E-state index contributed by atoms with van der Waals surface area (Å²) in [5.74, 6) is 0.786. The van der Waals surface area contributed by atoms with Crippen molar-refractivity contribution >= 4 is 29.3 Å². The molecule has 0 saturated carbocycles. The summed E-state index contributed by atoms with van der Waals surface area (Å²) in [7, 11) is 1.67. The Balaban J connectivity index is 2.26. The quantitative estimate of drug-likeness (QED) is 0.476. The molecule has 20 heavy (non-hydrogen) atoms. The normalized spacial score (nSPS) is 10.8. The van der Waals surface area contributed by atoms with E-state index in [1.165, 1.54) is 28.1 Å². The van der Waals surface area contributed by atoms with Gasteiger partial charge in [0.1, 0.15) is 10.8 Å². The number of hydrogen-bond acceptors (Lipinski definition) is 7. The van der Waals surface area contributed by atoms with E-state index < -0.39 is 0 Å². The SMILES string of the molecule is CCCNc1cc(Sc2n[nH]c(=O)n2C)nc(SC)n1. The number of rotatable bonds is 6. The Morgan fingerprint density at radius 3 is 2.85 bits per heavy atom. The fraction of sp³-hybridized carbons (Fsp3) is 0.455. The maximum Gasteiger partial charge on any atom is 0.343 e. The van der Waals surface area contributed by atoms with Crippen LogP contribution in [0.1, 0.15) is 13.3 Å². The molecule has 0 unspecified atom stereocenters. The zero-order valence-electron chi connectivity index (χ0n) is 11.5. The van der Waals surface area contributed by atoms with E-state index in [0.717, 1.165) is 23.8 Å². The van der Waals surface area contributed by atoms with Crippen LogP contribution in [-0.4, -0.2) is 37.5 Å². The molecule has 0 radical (unpaired) electrons. The van der Waals surface area contributed by atoms with E-state index in [0.29, 0.717) is 10.3 Å². The van der Waals surface area contributed by atoms with Crippen molar-refractivity contribution in [3.05, 3.63) is 16.6 Å². The molecule has 9 heteroatoms. The molecule has 0 saturated heterocycles. The monoisotopic (exact) mass is 312 g/mol. The average Bonchev–Trinajstić information content (AvgIpc) is 2.77. The van der Waals surface area contributed by atoms with Crippen LogP contribution in [-0.2, 0) is 7.05 Å². The van der Waals surface area contributed by atoms with Crippen LogP contribution in [0.2, 0.25) is 0 Å². The topological polar surface area (TPSA) is 88.5 Å². The fourth-order valence-electron chi connectivity index (χ4n) is 1.41. The molecule has 2 heterocycles. The largest absolute Gasteiger partial charge is 0.370 e. The lowest BCUT2D eigenvalue weighted by Gasteiger charge is -2.07. The number of anilines is 1. The number of thioether (sulfide) groups is 1. The van der Waals surface area contributed by atoms with Crippen molar-refractivity contribution in [2.45, 2.75) is 28.7 Å². The van der Waals surface area contributed by atoms with E-state index in [1.807, 2.05) is 12.3 Å². The van der Waals surface area contributed by atoms with Crippen LogP contribution in [0, 0.1) is 0 Å². The highest BCUT2D eigenvalue weighted by Crippen LogP contribution is 2.26. The molecular formula is C11H16N6OS2. The van der Waals surface area contributed by atoms with Gasteiger partial charge >= 0.3 is 5.69 Å². The third-order valence-corrected chi connectivity index (χ3v) is 3.97. The van der Waals surface area contributed by atoms with Gasteiger partial charge < -0.3 is 5.32 Å². The highest BCUT2D eigenvalue weighted by Gasteiger charge is 2.10. The minimum atomic E-state index is -0.240. The Labute approximate surface area is 125 Å². The van der Waals surface area contributed by atoms with Gasteiger partial charge in [0.2, 0.25) is 0 Å². The van der Waals surface area contributed by atoms with Gasteiger partial charge in [-0.3, -0.25) is 4.57 Å². The van der Waals surface area contributed by atoms with Crippen molar-refractivity contribution in [3.8, 4) is 0 Å². The van der Waals surface area contributed by atoms with Crippen molar-refractivity contribution in [3.63, 3.8) is 0 Å². The summed E-state index contributed by atoms with van der Waals surface area (Å²) in [5, 5.41) is 11.6. The number of H-pyrrole nitrogens is 1. The highest BCUT2D eigenvalue weighted by molar-refractivity contribution is 7.99. The number of nitrogens with zero attached hydrogens (tertiary/aromatic N) is 4. The van der Waals surface area contributed by atoms with E-state index in [4.69, 9.17) is 0 Å². The highest BCUT2D eigenvalue weighted by atomic mass is 32.2. The summed E-state index contributed by atoms with van der Waals surface area (Å²) in [6.45, 7) is 2.95. The Morgan fingerprint density at radius 2 is 2.25 bits per heavy atom. The van der Waals surface area contributed by atoms with Crippen LogP contribution in [0.4, 0.5) is 5.82 Å². The molecule has 0 bridgehead atoms. The van der Waals surface area contributed by atoms with Crippen molar-refractivity contribution in [2.24, 2.45) is 7.05 Å². The van der Waals surface area contributed by atoms with Crippen LogP contribution >= 0.6 is 23.5 Å². The van der Waals surface area contributed by atoms with Crippen molar-refractivity contribution < 1.29 is 0 Å². The number of hydrogen-bond donors (Lipinski definition) is 2. The van der Waals surface area contributed by atoms with Gasteiger partial charge in [-0.15, -0.1) is 5.10 Å². The third-order valence-electron chi connectivity index (χ3n) is 2.46. The smallest absolute Gasteiger partial charge is 0.343 e. The van der Waals surface area contributed by atoms with Crippen molar-refractivity contribution in [1.82, 2.24) is 24.7 Å². The Hall–Kier alpha value is -1.48. The van der Waals surface area contributed by atoms with E-state index in [-0.39, 0.29) is 5.69 Å². The average molecular weight is 312 g/mol. The second-order valence-electron chi connectivity index (χ2n) is 3.98. The molecule has 2 aromatic rings. The molecule has 0 aliphatic rings. The molecule has 0 spiro atoms. The number of nitrogens with one attached hydrogen (secondary N) is 2. The summed E-state index contributed by atoms with van der Waals surface area (Å²) >= 11 is 2.81. The molecule has 0 aromatic carbocycles. The van der Waals surface area contributed by atoms with Crippen LogP contribution in [0.3, 0.4) is 0 Å². The predicted molar refractivity (Wildman–Crippen MR) is 80.5 cm³/mol. The summed E-state index contributed by atoms with van der Waals surface area (Å²) < 4.78 is 1.45. The predicted octanol–water partition coefficient (Wildman–Crippen LogP) is 1.59. The molecule has 0 aliphatic carbocycles. The van der Waals surface area contributed by atoms with Gasteiger partial charge in [-0.2, -0.15) is 0 Å². The third kappa shape index (κ3) is 3.54. The molecule has 0 amide bonds. The minimum Gasteiger partial charge on any atom is -0.370 e. The van der Waals surface area contributed by atoms with Gasteiger partial charge in [0, 0.05) is 19.7 Å². The molecular weight excluding hydrogens is 296 g/mol. The Morgan fingerprint density at radius 1 is 1.45 bits per heavy atom. The van der Waals surface area contributed by atoms with Gasteiger partial charge in [-0.05, 0) is 24.4 Å². The van der Waals surface area contributed by atoms with Crippen molar-refractivity contribution in [1.29, 1.82) is 0 Å². The fourth-order valence-corrected chi connectivity index (χ4v) is 2.65. The second kappa shape index (κ2) is 6.80. The first-order valence-corrected chi connectivity index (χ1v) is 8.14. The van der Waals surface area contributed by atoms with Crippen LogP contribution in [0.5, 0.6) is 0 Å². The lowest BCUT2D eigenvalue weighted by molar-refractivity contribution is 0.763. The Kier molecular flexibility index (Phi) is 5.07. The number of aromatic amines is 1. The molecule has 0 atom stereocenters. The van der Waals surface area contributed by atoms with Gasteiger partial charge in [0.15, 0.2) is 10.3 Å². The molecule has 7 nitrogen and oxygen atoms in total. The number of aromatic nitrogens is 5. The van der Waals surface area contributed by atoms with E-state index in [9.17, 15) is 4.79 Å². The summed E-state index contributed by atoms with van der Waals surface area (Å²) in [5.41, 5.74) is -0.240. The zero-order chi connectivity index (χ0) is 14.5. The van der Waals surface area contributed by atoms with E-state index in [1.54, 1.807) is 7.05 Å². The lowest BCUT2D eigenvalue weighted by atomic mass is 10.4. The standard InChI is InChI=1S/C11H16N6OS2/c1-4-5-12-7-6-8(14-9(13-7)19-3)20-11-16-15-10(18)17(11)2/h6H,4-5H2,1-3H3,(H,15,18)(H,12,13,14). The zero-order valence-corrected chi connectivity index (χ0v) is 13.1. The van der Waals surface area contributed by atoms with Crippen LogP contribution in [0.25, 0.3) is 0 Å². The van der Waals surface area contributed by atoms with Gasteiger partial charge in [0.05, 0.1) is 0 Å². The van der Waals surface area contributed by atoms with Gasteiger partial charge in [-0.25, -0.2) is 19.9 Å². The minimum absolute atomic E-state index is 0.240. The molecule has 0 aliphatic heterocycles. The summed E-state index contributed by atoms with van der Waals surface area (Å²) in [6.07, 6.45) is 2.95. The second-order valence-corrected chi connectivity index (χ2v) is 5.74. The molecule has 2 aromatic heterocycles. The van der Waals surface area contributed by atoms with Crippen molar-refractivity contribution in [2.75, 3.05) is 18.1 Å². The van der Waals surface area contributed by atoms with E-state index in [2.05, 4.69) is 32.4 Å². The first kappa shape index (κ1) is 14.9. The maximum atomic E-state index is 11.3. The van der Waals surface area contributed by atoms with Gasteiger partial charge in [-0.1, -0.05) is 18.7 Å². The maximum absolute atomic E-state index is 11.3. The molecule has 2 N–H and O–H groups in total. The van der Waals surface area contributed by atoms with Crippen LogP contribution in [0.15, 0.2) is 26.2 Å². The van der Waals surface area contributed by atoms with Crippen LogP contribution < -0.4 is 11.0 Å². The Bertz CT molecular complexity index is 638. The first-order valence-electron chi connectivity index (χ1n) is 6.10. The van der Waals surface area contributed by atoms with Gasteiger partial charge in [0.25, 0.3) is 0 Å².